The summed E-state index contributed by atoms with van der Waals surface area (Å²) < 4.78 is 4.57. The zero-order valence-corrected chi connectivity index (χ0v) is 9.62. The van der Waals surface area contributed by atoms with Gasteiger partial charge in [0.25, 0.3) is 0 Å². The SMILES string of the molecule is COC(=O)C1CCCN1C(=O)NC(=O)CCl. The summed E-state index contributed by atoms with van der Waals surface area (Å²) in [5, 5.41) is 2.09. The summed E-state index contributed by atoms with van der Waals surface area (Å²) in [6.45, 7) is 0.432. The number of alkyl halides is 1. The number of nitrogens with zero attached hydrogens (tertiary/aromatic N) is 1. The maximum absolute atomic E-state index is 11.6. The van der Waals surface area contributed by atoms with Crippen molar-refractivity contribution in [3.05, 3.63) is 0 Å². The molecule has 1 atom stereocenters. The van der Waals surface area contributed by atoms with Gasteiger partial charge in [-0.25, -0.2) is 9.59 Å². The number of esters is 1. The summed E-state index contributed by atoms with van der Waals surface area (Å²) in [6, 6.07) is -1.20. The second-order valence-electron chi connectivity index (χ2n) is 3.36. The Kier molecular flexibility index (Phi) is 4.54. The van der Waals surface area contributed by atoms with Crippen molar-refractivity contribution >= 4 is 29.5 Å². The maximum Gasteiger partial charge on any atom is 0.328 e. The highest BCUT2D eigenvalue weighted by Crippen LogP contribution is 2.18. The minimum absolute atomic E-state index is 0.289. The van der Waals surface area contributed by atoms with E-state index in [1.165, 1.54) is 12.0 Å². The van der Waals surface area contributed by atoms with Crippen LogP contribution in [0.3, 0.4) is 0 Å². The topological polar surface area (TPSA) is 75.7 Å². The molecular formula is C9H13ClN2O4. The van der Waals surface area contributed by atoms with Gasteiger partial charge in [-0.3, -0.25) is 10.1 Å². The number of hydrogen-bond donors (Lipinski definition) is 1. The van der Waals surface area contributed by atoms with E-state index in [2.05, 4.69) is 10.1 Å². The minimum atomic E-state index is -0.604. The van der Waals surface area contributed by atoms with Crippen LogP contribution in [-0.2, 0) is 14.3 Å². The van der Waals surface area contributed by atoms with Crippen molar-refractivity contribution in [1.82, 2.24) is 10.2 Å². The lowest BCUT2D eigenvalue weighted by molar-refractivity contribution is -0.145. The molecule has 0 bridgehead atoms. The van der Waals surface area contributed by atoms with Crippen molar-refractivity contribution in [2.24, 2.45) is 0 Å². The molecule has 0 saturated carbocycles. The lowest BCUT2D eigenvalue weighted by Crippen LogP contribution is -2.48. The molecule has 1 heterocycles. The molecule has 0 radical (unpaired) electrons. The molecule has 1 aliphatic heterocycles. The Hall–Kier alpha value is -1.30. The fraction of sp³-hybridized carbons (Fsp3) is 0.667. The Bertz CT molecular complexity index is 308. The highest BCUT2D eigenvalue weighted by atomic mass is 35.5. The van der Waals surface area contributed by atoms with E-state index >= 15 is 0 Å². The molecule has 90 valence electrons. The molecule has 0 aliphatic carbocycles. The Morgan fingerprint density at radius 3 is 2.75 bits per heavy atom. The predicted molar refractivity (Wildman–Crippen MR) is 56.0 cm³/mol. The molecule has 1 unspecified atom stereocenters. The summed E-state index contributed by atoms with van der Waals surface area (Å²) in [5.41, 5.74) is 0. The van der Waals surface area contributed by atoms with E-state index < -0.39 is 23.9 Å². The third kappa shape index (κ3) is 2.85. The first kappa shape index (κ1) is 12.8. The zero-order chi connectivity index (χ0) is 12.1. The van der Waals surface area contributed by atoms with Gasteiger partial charge in [0.15, 0.2) is 0 Å². The predicted octanol–water partition coefficient (Wildman–Crippen LogP) is 0.0988. The van der Waals surface area contributed by atoms with Gasteiger partial charge in [0, 0.05) is 6.54 Å². The molecule has 1 N–H and O–H groups in total. The van der Waals surface area contributed by atoms with Gasteiger partial charge in [-0.2, -0.15) is 0 Å². The summed E-state index contributed by atoms with van der Waals surface area (Å²) in [5.74, 6) is -1.34. The number of carbonyl (C=O) groups is 3. The molecule has 1 fully saturated rings. The first-order chi connectivity index (χ1) is 7.60. The van der Waals surface area contributed by atoms with E-state index in [4.69, 9.17) is 11.6 Å². The van der Waals surface area contributed by atoms with Crippen molar-refractivity contribution in [2.75, 3.05) is 19.5 Å². The number of halogens is 1. The first-order valence-corrected chi connectivity index (χ1v) is 5.38. The molecule has 0 spiro atoms. The van der Waals surface area contributed by atoms with Crippen molar-refractivity contribution < 1.29 is 19.1 Å². The second-order valence-corrected chi connectivity index (χ2v) is 3.63. The van der Waals surface area contributed by atoms with Crippen molar-refractivity contribution in [3.63, 3.8) is 0 Å². The van der Waals surface area contributed by atoms with Crippen molar-refractivity contribution in [2.45, 2.75) is 18.9 Å². The van der Waals surface area contributed by atoms with E-state index in [9.17, 15) is 14.4 Å². The van der Waals surface area contributed by atoms with Crippen molar-refractivity contribution in [1.29, 1.82) is 0 Å². The average Bonchev–Trinajstić information content (AvgIpc) is 2.76. The number of urea groups is 1. The molecule has 16 heavy (non-hydrogen) atoms. The second kappa shape index (κ2) is 5.69. The molecule has 1 saturated heterocycles. The number of nitrogens with one attached hydrogen (secondary N) is 1. The normalized spacial score (nSPS) is 19.4. The van der Waals surface area contributed by atoms with Crippen LogP contribution in [0.25, 0.3) is 0 Å². The Balaban J connectivity index is 2.61. The molecule has 3 amide bonds. The fourth-order valence-electron chi connectivity index (χ4n) is 1.62. The van der Waals surface area contributed by atoms with Crippen LogP contribution in [-0.4, -0.2) is 48.4 Å². The van der Waals surface area contributed by atoms with E-state index in [-0.39, 0.29) is 5.88 Å². The third-order valence-electron chi connectivity index (χ3n) is 2.35. The molecule has 0 aromatic carbocycles. The number of likely N-dealkylation sites (tertiary alicyclic amines) is 1. The van der Waals surface area contributed by atoms with Crippen LogP contribution < -0.4 is 5.32 Å². The van der Waals surface area contributed by atoms with Gasteiger partial charge in [0.1, 0.15) is 11.9 Å². The summed E-state index contributed by atoms with van der Waals surface area (Å²) in [4.78, 5) is 35.1. The van der Waals surface area contributed by atoms with Crippen LogP contribution in [0.15, 0.2) is 0 Å². The first-order valence-electron chi connectivity index (χ1n) is 4.84. The number of ether oxygens (including phenoxy) is 1. The van der Waals surface area contributed by atoms with E-state index in [1.54, 1.807) is 0 Å². The van der Waals surface area contributed by atoms with Crippen LogP contribution in [0.1, 0.15) is 12.8 Å². The Morgan fingerprint density at radius 2 is 2.19 bits per heavy atom. The fourth-order valence-corrected chi connectivity index (χ4v) is 1.68. The number of methoxy groups -OCH3 is 1. The average molecular weight is 249 g/mol. The quantitative estimate of drug-likeness (QED) is 0.556. The molecule has 1 rings (SSSR count). The number of amides is 3. The standard InChI is InChI=1S/C9H13ClN2O4/c1-16-8(14)6-3-2-4-12(6)9(15)11-7(13)5-10/h6H,2-5H2,1H3,(H,11,13,15). The van der Waals surface area contributed by atoms with E-state index in [1.807, 2.05) is 0 Å². The highest BCUT2D eigenvalue weighted by molar-refractivity contribution is 6.28. The monoisotopic (exact) mass is 248 g/mol. The van der Waals surface area contributed by atoms with Gasteiger partial charge in [-0.05, 0) is 12.8 Å². The minimum Gasteiger partial charge on any atom is -0.467 e. The van der Waals surface area contributed by atoms with Gasteiger partial charge in [-0.1, -0.05) is 0 Å². The molecule has 7 heteroatoms. The molecular weight excluding hydrogens is 236 g/mol. The number of imide groups is 1. The van der Waals surface area contributed by atoms with Crippen LogP contribution in [0.2, 0.25) is 0 Å². The lowest BCUT2D eigenvalue weighted by Gasteiger charge is -2.22. The van der Waals surface area contributed by atoms with Gasteiger partial charge in [-0.15, -0.1) is 11.6 Å². The van der Waals surface area contributed by atoms with Crippen LogP contribution >= 0.6 is 11.6 Å². The highest BCUT2D eigenvalue weighted by Gasteiger charge is 2.35. The number of hydrogen-bond acceptors (Lipinski definition) is 4. The largest absolute Gasteiger partial charge is 0.467 e. The molecule has 1 aliphatic rings. The molecule has 6 nitrogen and oxygen atoms in total. The van der Waals surface area contributed by atoms with Crippen LogP contribution in [0.4, 0.5) is 4.79 Å². The van der Waals surface area contributed by atoms with Crippen LogP contribution in [0, 0.1) is 0 Å². The lowest BCUT2D eigenvalue weighted by atomic mass is 10.2. The van der Waals surface area contributed by atoms with E-state index in [0.29, 0.717) is 19.4 Å². The Labute approximate surface area is 97.9 Å². The summed E-state index contributed by atoms with van der Waals surface area (Å²) in [6.07, 6.45) is 1.26. The molecule has 0 aromatic heterocycles. The third-order valence-corrected chi connectivity index (χ3v) is 2.60. The zero-order valence-electron chi connectivity index (χ0n) is 8.86. The maximum atomic E-state index is 11.6. The smallest absolute Gasteiger partial charge is 0.328 e. The summed E-state index contributed by atoms with van der Waals surface area (Å²) in [7, 11) is 1.26. The molecule has 0 aromatic rings. The van der Waals surface area contributed by atoms with Gasteiger partial charge < -0.3 is 9.64 Å². The van der Waals surface area contributed by atoms with Gasteiger partial charge in [0.05, 0.1) is 7.11 Å². The van der Waals surface area contributed by atoms with Crippen molar-refractivity contribution in [3.8, 4) is 0 Å². The number of carbonyl (C=O) groups excluding carboxylic acids is 3. The number of rotatable bonds is 2. The van der Waals surface area contributed by atoms with Gasteiger partial charge >= 0.3 is 12.0 Å². The Morgan fingerprint density at radius 1 is 1.50 bits per heavy atom. The van der Waals surface area contributed by atoms with Crippen LogP contribution in [0.5, 0.6) is 0 Å². The van der Waals surface area contributed by atoms with E-state index in [0.717, 1.165) is 0 Å². The summed E-state index contributed by atoms with van der Waals surface area (Å²) >= 11 is 5.25. The van der Waals surface area contributed by atoms with Gasteiger partial charge in [0.2, 0.25) is 5.91 Å².